The van der Waals surface area contributed by atoms with Crippen molar-refractivity contribution in [3.05, 3.63) is 74.3 Å². The molecule has 1 aliphatic rings. The standard InChI is InChI=1S/C19H14Br2N2O4S2/c1-3-26-18(25)14-9(2)22-19-23(15(14)12-5-4-6-28-12)17(24)13(29-19)8-10-7-11(20)16(21)27-10/h4-8,15H,3H2,1-2H3/b13-8+/t15-/m0/s1. The largest absolute Gasteiger partial charge is 0.463 e. The van der Waals surface area contributed by atoms with Crippen LogP contribution < -0.4 is 14.9 Å². The van der Waals surface area contributed by atoms with Crippen LogP contribution in [0.2, 0.25) is 0 Å². The number of hydrogen-bond donors (Lipinski definition) is 0. The molecule has 3 aromatic rings. The maximum absolute atomic E-state index is 13.3. The molecule has 3 aromatic heterocycles. The summed E-state index contributed by atoms with van der Waals surface area (Å²) in [6, 6.07) is 5.01. The third-order valence-corrected chi connectivity index (χ3v) is 7.89. The third kappa shape index (κ3) is 3.74. The first-order valence-electron chi connectivity index (χ1n) is 8.58. The lowest BCUT2D eigenvalue weighted by atomic mass is 10.0. The molecule has 29 heavy (non-hydrogen) atoms. The highest BCUT2D eigenvalue weighted by atomic mass is 79.9. The molecule has 6 nitrogen and oxygen atoms in total. The van der Waals surface area contributed by atoms with Gasteiger partial charge in [-0.05, 0) is 63.2 Å². The SMILES string of the molecule is CCOC(=O)C1=C(C)N=c2s/c(=C/c3cc(Br)c(Br)o3)c(=O)n2[C@H]1c1cccs1. The van der Waals surface area contributed by atoms with Crippen LogP contribution in [0, 0.1) is 0 Å². The molecule has 0 radical (unpaired) electrons. The van der Waals surface area contributed by atoms with Crippen molar-refractivity contribution in [2.24, 2.45) is 4.99 Å². The van der Waals surface area contributed by atoms with Crippen LogP contribution in [-0.4, -0.2) is 17.1 Å². The van der Waals surface area contributed by atoms with E-state index in [1.165, 1.54) is 22.7 Å². The van der Waals surface area contributed by atoms with E-state index in [9.17, 15) is 9.59 Å². The Morgan fingerprint density at radius 3 is 2.86 bits per heavy atom. The quantitative estimate of drug-likeness (QED) is 0.455. The van der Waals surface area contributed by atoms with Gasteiger partial charge in [-0.1, -0.05) is 17.4 Å². The van der Waals surface area contributed by atoms with Gasteiger partial charge in [-0.25, -0.2) is 9.79 Å². The molecule has 0 aromatic carbocycles. The van der Waals surface area contributed by atoms with Crippen LogP contribution in [0.3, 0.4) is 0 Å². The predicted molar refractivity (Wildman–Crippen MR) is 119 cm³/mol. The summed E-state index contributed by atoms with van der Waals surface area (Å²) in [6.07, 6.45) is 1.67. The molecule has 0 aliphatic carbocycles. The van der Waals surface area contributed by atoms with Crippen molar-refractivity contribution in [3.8, 4) is 0 Å². The average Bonchev–Trinajstić information content (AvgIpc) is 3.36. The Hall–Kier alpha value is -1.75. The minimum atomic E-state index is -0.567. The average molecular weight is 558 g/mol. The van der Waals surface area contributed by atoms with E-state index in [2.05, 4.69) is 36.9 Å². The fraction of sp³-hybridized carbons (Fsp3) is 0.211. The summed E-state index contributed by atoms with van der Waals surface area (Å²) >= 11 is 9.41. The highest BCUT2D eigenvalue weighted by molar-refractivity contribution is 9.13. The summed E-state index contributed by atoms with van der Waals surface area (Å²) in [7, 11) is 0. The van der Waals surface area contributed by atoms with Gasteiger partial charge in [0.15, 0.2) is 9.47 Å². The molecule has 0 saturated heterocycles. The van der Waals surface area contributed by atoms with Crippen LogP contribution in [0.5, 0.6) is 0 Å². The zero-order valence-corrected chi connectivity index (χ0v) is 20.1. The molecular formula is C19H14Br2N2O4S2. The molecule has 0 N–H and O–H groups in total. The van der Waals surface area contributed by atoms with E-state index in [1.807, 2.05) is 17.5 Å². The number of ether oxygens (including phenoxy) is 1. The Morgan fingerprint density at radius 2 is 2.24 bits per heavy atom. The van der Waals surface area contributed by atoms with Gasteiger partial charge in [-0.15, -0.1) is 11.3 Å². The summed E-state index contributed by atoms with van der Waals surface area (Å²) < 4.78 is 14.2. The van der Waals surface area contributed by atoms with Crippen LogP contribution in [-0.2, 0) is 9.53 Å². The lowest BCUT2D eigenvalue weighted by Gasteiger charge is -2.23. The summed E-state index contributed by atoms with van der Waals surface area (Å²) in [5.41, 5.74) is 0.708. The van der Waals surface area contributed by atoms with Crippen molar-refractivity contribution in [1.82, 2.24) is 4.57 Å². The topological polar surface area (TPSA) is 73.8 Å². The van der Waals surface area contributed by atoms with E-state index in [-0.39, 0.29) is 12.2 Å². The monoisotopic (exact) mass is 556 g/mol. The Kier molecular flexibility index (Phi) is 5.78. The second-order valence-electron chi connectivity index (χ2n) is 6.09. The normalized spacial score (nSPS) is 16.7. The highest BCUT2D eigenvalue weighted by Gasteiger charge is 2.33. The number of thiazole rings is 1. The summed E-state index contributed by atoms with van der Waals surface area (Å²) in [4.78, 5) is 31.9. The van der Waals surface area contributed by atoms with Gasteiger partial charge in [0.05, 0.1) is 26.9 Å². The number of fused-ring (bicyclic) bond motifs is 1. The molecule has 4 heterocycles. The first kappa shape index (κ1) is 20.5. The Labute approximate surface area is 190 Å². The smallest absolute Gasteiger partial charge is 0.338 e. The van der Waals surface area contributed by atoms with Gasteiger partial charge >= 0.3 is 5.97 Å². The molecule has 1 aliphatic heterocycles. The third-order valence-electron chi connectivity index (χ3n) is 4.27. The number of carbonyl (C=O) groups excluding carboxylic acids is 1. The van der Waals surface area contributed by atoms with E-state index in [1.54, 1.807) is 30.6 Å². The fourth-order valence-corrected chi connectivity index (χ4v) is 5.53. The molecule has 0 bridgehead atoms. The molecule has 0 fully saturated rings. The molecule has 0 saturated carbocycles. The Balaban J connectivity index is 1.94. The first-order valence-corrected chi connectivity index (χ1v) is 11.9. The number of carbonyl (C=O) groups is 1. The van der Waals surface area contributed by atoms with Crippen LogP contribution >= 0.6 is 54.5 Å². The van der Waals surface area contributed by atoms with Gasteiger partial charge in [0, 0.05) is 11.0 Å². The number of esters is 1. The summed E-state index contributed by atoms with van der Waals surface area (Å²) in [5, 5.41) is 1.92. The predicted octanol–water partition coefficient (Wildman–Crippen LogP) is 3.98. The zero-order valence-electron chi connectivity index (χ0n) is 15.3. The van der Waals surface area contributed by atoms with Crippen molar-refractivity contribution in [2.45, 2.75) is 19.9 Å². The Bertz CT molecular complexity index is 1280. The molecule has 0 unspecified atom stereocenters. The van der Waals surface area contributed by atoms with Crippen LogP contribution in [0.4, 0.5) is 0 Å². The lowest BCUT2D eigenvalue weighted by Crippen LogP contribution is -2.39. The first-order chi connectivity index (χ1) is 13.9. The van der Waals surface area contributed by atoms with Gasteiger partial charge in [0.2, 0.25) is 0 Å². The van der Waals surface area contributed by atoms with Gasteiger partial charge < -0.3 is 9.15 Å². The maximum atomic E-state index is 13.3. The summed E-state index contributed by atoms with van der Waals surface area (Å²) in [6.45, 7) is 3.77. The van der Waals surface area contributed by atoms with Crippen LogP contribution in [0.25, 0.3) is 6.08 Å². The van der Waals surface area contributed by atoms with Crippen molar-refractivity contribution in [1.29, 1.82) is 0 Å². The second-order valence-corrected chi connectivity index (χ2v) is 9.65. The molecule has 150 valence electrons. The number of rotatable bonds is 4. The van der Waals surface area contributed by atoms with Crippen LogP contribution in [0.15, 0.2) is 58.2 Å². The minimum absolute atomic E-state index is 0.231. The lowest BCUT2D eigenvalue weighted by molar-refractivity contribution is -0.139. The maximum Gasteiger partial charge on any atom is 0.338 e. The Morgan fingerprint density at radius 1 is 1.45 bits per heavy atom. The fourth-order valence-electron chi connectivity index (χ4n) is 3.07. The summed E-state index contributed by atoms with van der Waals surface area (Å²) in [5.74, 6) is 0.0725. The van der Waals surface area contributed by atoms with Gasteiger partial charge in [-0.3, -0.25) is 9.36 Å². The minimum Gasteiger partial charge on any atom is -0.463 e. The second kappa shape index (κ2) is 8.17. The van der Waals surface area contributed by atoms with Crippen LogP contribution in [0.1, 0.15) is 30.5 Å². The van der Waals surface area contributed by atoms with E-state index >= 15 is 0 Å². The van der Waals surface area contributed by atoms with Crippen molar-refractivity contribution in [3.63, 3.8) is 0 Å². The van der Waals surface area contributed by atoms with Crippen molar-refractivity contribution >= 4 is 66.6 Å². The number of nitrogens with zero attached hydrogens (tertiary/aromatic N) is 2. The number of hydrogen-bond acceptors (Lipinski definition) is 7. The van der Waals surface area contributed by atoms with Crippen molar-refractivity contribution in [2.75, 3.05) is 6.61 Å². The molecule has 4 rings (SSSR count). The number of aromatic nitrogens is 1. The van der Waals surface area contributed by atoms with E-state index in [4.69, 9.17) is 9.15 Å². The number of allylic oxidation sites excluding steroid dienone is 1. The van der Waals surface area contributed by atoms with Gasteiger partial charge in [-0.2, -0.15) is 0 Å². The number of thiophene rings is 1. The highest BCUT2D eigenvalue weighted by Crippen LogP contribution is 2.33. The van der Waals surface area contributed by atoms with Gasteiger partial charge in [0.25, 0.3) is 5.56 Å². The molecule has 1 atom stereocenters. The number of furan rings is 1. The van der Waals surface area contributed by atoms with E-state index in [0.29, 0.717) is 31.0 Å². The zero-order chi connectivity index (χ0) is 20.7. The molecular weight excluding hydrogens is 544 g/mol. The van der Waals surface area contributed by atoms with Gasteiger partial charge in [0.1, 0.15) is 11.8 Å². The van der Waals surface area contributed by atoms with E-state index in [0.717, 1.165) is 9.35 Å². The van der Waals surface area contributed by atoms with Crippen molar-refractivity contribution < 1.29 is 13.9 Å². The molecule has 0 amide bonds. The number of halogens is 2. The molecule has 10 heteroatoms. The molecule has 0 spiro atoms. The van der Waals surface area contributed by atoms with E-state index < -0.39 is 12.0 Å².